The third-order valence-electron chi connectivity index (χ3n) is 9.26. The molecule has 12 heteroatoms. The Morgan fingerprint density at radius 2 is 1.91 bits per heavy atom. The van der Waals surface area contributed by atoms with Crippen molar-refractivity contribution in [2.45, 2.75) is 56.7 Å². The lowest BCUT2D eigenvalue weighted by atomic mass is 9.90. The van der Waals surface area contributed by atoms with Crippen LogP contribution in [0.3, 0.4) is 0 Å². The van der Waals surface area contributed by atoms with E-state index in [2.05, 4.69) is 15.6 Å². The third kappa shape index (κ3) is 6.15. The van der Waals surface area contributed by atoms with Gasteiger partial charge in [-0.25, -0.2) is 8.78 Å². The van der Waals surface area contributed by atoms with Crippen LogP contribution in [0.4, 0.5) is 8.78 Å². The van der Waals surface area contributed by atoms with Gasteiger partial charge in [0.2, 0.25) is 11.8 Å². The van der Waals surface area contributed by atoms with E-state index in [1.54, 1.807) is 24.3 Å². The molecular formula is C33H36F2N4O6. The Hall–Kier alpha value is -4.32. The van der Waals surface area contributed by atoms with Gasteiger partial charge in [-0.05, 0) is 49.4 Å². The summed E-state index contributed by atoms with van der Waals surface area (Å²) in [5, 5.41) is 6.17. The molecule has 238 valence electrons. The molecule has 3 aliphatic rings. The lowest BCUT2D eigenvalue weighted by molar-refractivity contribution is -0.134. The molecule has 0 radical (unpaired) electrons. The second kappa shape index (κ2) is 12.2. The Kier molecular flexibility index (Phi) is 8.34. The fourth-order valence-electron chi connectivity index (χ4n) is 6.61. The number of carbonyl (C=O) groups is 4. The molecule has 3 aromatic rings. The summed E-state index contributed by atoms with van der Waals surface area (Å²) in [6.07, 6.45) is 0.647. The summed E-state index contributed by atoms with van der Waals surface area (Å²) >= 11 is 0. The number of ether oxygens (including phenoxy) is 2. The van der Waals surface area contributed by atoms with Crippen LogP contribution in [0.25, 0.3) is 10.9 Å². The molecule has 4 atom stereocenters. The predicted octanol–water partition coefficient (Wildman–Crippen LogP) is 3.60. The Morgan fingerprint density at radius 3 is 2.62 bits per heavy atom. The van der Waals surface area contributed by atoms with Crippen LogP contribution in [0.2, 0.25) is 0 Å². The fourth-order valence-corrected chi connectivity index (χ4v) is 6.61. The Morgan fingerprint density at radius 1 is 1.13 bits per heavy atom. The number of ketones is 1. The maximum Gasteiger partial charge on any atom is 0.271 e. The van der Waals surface area contributed by atoms with Gasteiger partial charge in [0.25, 0.3) is 11.8 Å². The number of amides is 3. The first-order valence-corrected chi connectivity index (χ1v) is 15.2. The minimum absolute atomic E-state index is 0.0366. The molecule has 1 spiro atoms. The van der Waals surface area contributed by atoms with Gasteiger partial charge in [0.05, 0.1) is 25.2 Å². The number of methoxy groups -OCH3 is 1. The zero-order chi connectivity index (χ0) is 31.8. The van der Waals surface area contributed by atoms with E-state index in [4.69, 9.17) is 9.47 Å². The van der Waals surface area contributed by atoms with Crippen molar-refractivity contribution in [1.29, 1.82) is 0 Å². The smallest absolute Gasteiger partial charge is 0.271 e. The number of nitrogens with zero attached hydrogens (tertiary/aromatic N) is 1. The highest BCUT2D eigenvalue weighted by molar-refractivity contribution is 6.02. The lowest BCUT2D eigenvalue weighted by Gasteiger charge is -2.29. The minimum Gasteiger partial charge on any atom is -0.496 e. The quantitative estimate of drug-likeness (QED) is 0.300. The van der Waals surface area contributed by atoms with Crippen molar-refractivity contribution in [3.8, 4) is 5.75 Å². The maximum absolute atomic E-state index is 14.6. The van der Waals surface area contributed by atoms with Gasteiger partial charge in [0.15, 0.2) is 5.78 Å². The van der Waals surface area contributed by atoms with Gasteiger partial charge < -0.3 is 30.0 Å². The first kappa shape index (κ1) is 30.7. The van der Waals surface area contributed by atoms with E-state index in [1.165, 1.54) is 12.0 Å². The number of likely N-dealkylation sites (tertiary alicyclic amines) is 1. The highest BCUT2D eigenvalue weighted by atomic mass is 19.3. The number of rotatable bonds is 11. The number of aromatic amines is 1. The first-order chi connectivity index (χ1) is 21.6. The van der Waals surface area contributed by atoms with Crippen LogP contribution >= 0.6 is 0 Å². The molecule has 2 saturated heterocycles. The van der Waals surface area contributed by atoms with Gasteiger partial charge in [-0.2, -0.15) is 0 Å². The summed E-state index contributed by atoms with van der Waals surface area (Å²) in [5.41, 5.74) is 0.115. The van der Waals surface area contributed by atoms with E-state index >= 15 is 0 Å². The molecule has 0 unspecified atom stereocenters. The molecule has 3 N–H and O–H groups in total. The SMILES string of the molecule is COc1cccc2[nH]c(C(=O)N3C[C@]4(C[C@H]3C(=O)N[C@@H](C[C@@H]3CCCNC3=O)C(=O)COCc3ccccc3)CC4(F)F)cc12. The Bertz CT molecular complexity index is 1610. The van der Waals surface area contributed by atoms with Gasteiger partial charge >= 0.3 is 0 Å². The minimum atomic E-state index is -3.01. The van der Waals surface area contributed by atoms with Crippen molar-refractivity contribution in [3.63, 3.8) is 0 Å². The van der Waals surface area contributed by atoms with Gasteiger partial charge in [-0.3, -0.25) is 19.2 Å². The van der Waals surface area contributed by atoms with Crippen molar-refractivity contribution < 1.29 is 37.4 Å². The van der Waals surface area contributed by atoms with Crippen molar-refractivity contribution in [3.05, 3.63) is 65.9 Å². The summed E-state index contributed by atoms with van der Waals surface area (Å²) in [6.45, 7) is 0.0954. The zero-order valence-corrected chi connectivity index (χ0v) is 24.9. The molecule has 0 bridgehead atoms. The molecule has 6 rings (SSSR count). The number of hydrogen-bond donors (Lipinski definition) is 3. The number of hydrogen-bond acceptors (Lipinski definition) is 6. The van der Waals surface area contributed by atoms with Crippen LogP contribution in [0, 0.1) is 11.3 Å². The standard InChI is InChI=1S/C33H36F2N4O6/c1-44-28-11-5-10-23-22(28)14-25(37-23)31(43)39-19-32(18-33(32,34)35)15-26(39)30(42)38-24(13-21-9-6-12-36-29(21)41)27(40)17-45-16-20-7-3-2-4-8-20/h2-5,7-8,10-11,14,21,24,26,37H,6,9,12-13,15-19H2,1H3,(H,36,41)(H,38,42)/t21-,24-,26-,32-/m0/s1. The summed E-state index contributed by atoms with van der Waals surface area (Å²) in [4.78, 5) is 57.8. The van der Waals surface area contributed by atoms with E-state index in [9.17, 15) is 28.0 Å². The third-order valence-corrected chi connectivity index (χ3v) is 9.26. The molecular weight excluding hydrogens is 586 g/mol. The number of benzene rings is 2. The number of Topliss-reactive ketones (excluding diaryl/α,β-unsaturated/α-hetero) is 1. The molecule has 10 nitrogen and oxygen atoms in total. The molecule has 1 aromatic heterocycles. The fraction of sp³-hybridized carbons (Fsp3) is 0.455. The number of piperidine rings is 1. The van der Waals surface area contributed by atoms with Crippen molar-refractivity contribution in [2.75, 3.05) is 26.8 Å². The molecule has 45 heavy (non-hydrogen) atoms. The summed E-state index contributed by atoms with van der Waals surface area (Å²) in [6, 6.07) is 13.8. The van der Waals surface area contributed by atoms with E-state index in [1.807, 2.05) is 30.3 Å². The highest BCUT2D eigenvalue weighted by Crippen LogP contribution is 2.66. The van der Waals surface area contributed by atoms with Crippen LogP contribution in [-0.2, 0) is 25.7 Å². The maximum atomic E-state index is 14.6. The van der Waals surface area contributed by atoms with E-state index in [0.717, 1.165) is 12.0 Å². The van der Waals surface area contributed by atoms with Crippen molar-refractivity contribution >= 4 is 34.4 Å². The average Bonchev–Trinajstić information content (AvgIpc) is 3.36. The lowest BCUT2D eigenvalue weighted by Crippen LogP contribution is -2.53. The number of aromatic nitrogens is 1. The number of nitrogens with one attached hydrogen (secondary N) is 3. The molecule has 2 aromatic carbocycles. The first-order valence-electron chi connectivity index (χ1n) is 15.2. The summed E-state index contributed by atoms with van der Waals surface area (Å²) in [7, 11) is 1.50. The normalized spacial score (nSPS) is 24.3. The number of fused-ring (bicyclic) bond motifs is 1. The van der Waals surface area contributed by atoms with Crippen LogP contribution in [0.15, 0.2) is 54.6 Å². The molecule has 3 heterocycles. The van der Waals surface area contributed by atoms with Crippen LogP contribution in [0.5, 0.6) is 5.75 Å². The molecule has 1 aliphatic carbocycles. The van der Waals surface area contributed by atoms with Gasteiger partial charge in [0, 0.05) is 36.3 Å². The summed E-state index contributed by atoms with van der Waals surface area (Å²) in [5.74, 6) is -4.95. The number of H-pyrrole nitrogens is 1. The Labute approximate surface area is 258 Å². The summed E-state index contributed by atoms with van der Waals surface area (Å²) < 4.78 is 40.3. The monoisotopic (exact) mass is 622 g/mol. The van der Waals surface area contributed by atoms with Gasteiger partial charge in [-0.1, -0.05) is 36.4 Å². The van der Waals surface area contributed by atoms with E-state index < -0.39 is 53.4 Å². The number of halogens is 2. The molecule has 3 fully saturated rings. The number of alkyl halides is 2. The molecule has 1 saturated carbocycles. The topological polar surface area (TPSA) is 130 Å². The van der Waals surface area contributed by atoms with E-state index in [-0.39, 0.29) is 44.2 Å². The van der Waals surface area contributed by atoms with Crippen LogP contribution in [-0.4, -0.2) is 78.2 Å². The molecule has 2 aliphatic heterocycles. The Balaban J connectivity index is 1.22. The largest absolute Gasteiger partial charge is 0.496 e. The van der Waals surface area contributed by atoms with Gasteiger partial charge in [0.1, 0.15) is 24.1 Å². The predicted molar refractivity (Wildman–Crippen MR) is 160 cm³/mol. The second-order valence-corrected chi connectivity index (χ2v) is 12.3. The molecule has 3 amide bonds. The number of carbonyl (C=O) groups excluding carboxylic acids is 4. The van der Waals surface area contributed by atoms with Crippen LogP contribution in [0.1, 0.15) is 48.2 Å². The zero-order valence-electron chi connectivity index (χ0n) is 24.9. The second-order valence-electron chi connectivity index (χ2n) is 12.3. The highest BCUT2D eigenvalue weighted by Gasteiger charge is 2.75. The van der Waals surface area contributed by atoms with Crippen molar-refractivity contribution in [2.24, 2.45) is 11.3 Å². The van der Waals surface area contributed by atoms with Crippen molar-refractivity contribution in [1.82, 2.24) is 20.5 Å². The average molecular weight is 623 g/mol. The van der Waals surface area contributed by atoms with E-state index in [0.29, 0.717) is 29.6 Å². The van der Waals surface area contributed by atoms with Gasteiger partial charge in [-0.15, -0.1) is 0 Å². The van der Waals surface area contributed by atoms with Crippen LogP contribution < -0.4 is 15.4 Å².